The fourth-order valence-electron chi connectivity index (χ4n) is 1.25. The molecule has 16 heavy (non-hydrogen) atoms. The largest absolute Gasteiger partial charge is 0.493 e. The first-order valence-electron chi connectivity index (χ1n) is 4.41. The number of hydrogen-bond acceptors (Lipinski definition) is 4. The van der Waals surface area contributed by atoms with E-state index in [1.807, 2.05) is 6.92 Å². The lowest BCUT2D eigenvalue weighted by molar-refractivity contribution is -0.110. The fraction of sp³-hybridized carbons (Fsp3) is 0.200. The predicted octanol–water partition coefficient (Wildman–Crippen LogP) is 2.06. The molecule has 0 unspecified atom stereocenters. The van der Waals surface area contributed by atoms with Gasteiger partial charge in [0.2, 0.25) is 0 Å². The molecule has 1 amide bonds. The summed E-state index contributed by atoms with van der Waals surface area (Å²) < 4.78 is 5.06. The Morgan fingerprint density at radius 2 is 2.31 bits per heavy atom. The van der Waals surface area contributed by atoms with Crippen LogP contribution in [-0.2, 0) is 4.79 Å². The first-order valence-corrected chi connectivity index (χ1v) is 4.79. The van der Waals surface area contributed by atoms with Crippen molar-refractivity contribution in [1.82, 2.24) is 0 Å². The molecule has 1 rings (SSSR count). The lowest BCUT2D eigenvalue weighted by Crippen LogP contribution is -2.13. The maximum Gasteiger partial charge on any atom is 0.270 e. The molecule has 0 heterocycles. The second-order valence-corrected chi connectivity index (χ2v) is 3.47. The summed E-state index contributed by atoms with van der Waals surface area (Å²) in [5.41, 5.74) is 1.31. The summed E-state index contributed by atoms with van der Waals surface area (Å²) >= 11 is 5.94. The zero-order chi connectivity index (χ0) is 12.1. The van der Waals surface area contributed by atoms with E-state index >= 15 is 0 Å². The number of ether oxygens (including phenoxy) is 1. The van der Waals surface area contributed by atoms with Crippen molar-refractivity contribution in [2.45, 2.75) is 6.92 Å². The number of oxime groups is 1. The summed E-state index contributed by atoms with van der Waals surface area (Å²) in [6.07, 6.45) is 0.746. The second-order valence-electron chi connectivity index (χ2n) is 3.06. The van der Waals surface area contributed by atoms with Crippen molar-refractivity contribution in [2.75, 3.05) is 12.4 Å². The van der Waals surface area contributed by atoms with Crippen molar-refractivity contribution in [1.29, 1.82) is 0 Å². The van der Waals surface area contributed by atoms with Gasteiger partial charge in [0.25, 0.3) is 5.91 Å². The average Bonchev–Trinajstić information content (AvgIpc) is 2.17. The van der Waals surface area contributed by atoms with E-state index in [0.717, 1.165) is 11.8 Å². The molecule has 0 aromatic heterocycles. The van der Waals surface area contributed by atoms with Crippen LogP contribution in [0.3, 0.4) is 0 Å². The number of nitrogens with one attached hydrogen (secondary N) is 1. The van der Waals surface area contributed by atoms with Crippen LogP contribution in [0.4, 0.5) is 5.69 Å². The molecule has 0 aliphatic heterocycles. The Morgan fingerprint density at radius 3 is 2.88 bits per heavy atom. The third kappa shape index (κ3) is 2.87. The maximum absolute atomic E-state index is 11.2. The number of methoxy groups -OCH3 is 1. The van der Waals surface area contributed by atoms with Gasteiger partial charge in [-0.15, -0.1) is 0 Å². The molecule has 5 nitrogen and oxygen atoms in total. The number of aryl methyl sites for hydroxylation is 1. The Bertz CT molecular complexity index is 432. The molecule has 0 atom stereocenters. The van der Waals surface area contributed by atoms with Gasteiger partial charge in [0.05, 0.1) is 17.8 Å². The first-order chi connectivity index (χ1) is 7.58. The summed E-state index contributed by atoms with van der Waals surface area (Å²) in [5, 5.41) is 13.7. The van der Waals surface area contributed by atoms with E-state index in [1.165, 1.54) is 7.11 Å². The number of carbonyl (C=O) groups excluding carboxylic acids is 1. The molecule has 1 aromatic rings. The van der Waals surface area contributed by atoms with Crippen LogP contribution in [0.2, 0.25) is 5.02 Å². The standard InChI is InChI=1S/C10H11ClN2O3/c1-6-3-7(11)10(16-2)8(4-6)13-9(14)5-12-15/h3-5,15H,1-2H3,(H,13,14)/b12-5-. The lowest BCUT2D eigenvalue weighted by Gasteiger charge is -2.11. The van der Waals surface area contributed by atoms with E-state index in [4.69, 9.17) is 21.5 Å². The SMILES string of the molecule is COc1c(Cl)cc(C)cc1NC(=O)/C=N\O. The van der Waals surface area contributed by atoms with Gasteiger partial charge in [-0.25, -0.2) is 0 Å². The molecular weight excluding hydrogens is 232 g/mol. The highest BCUT2D eigenvalue weighted by Gasteiger charge is 2.10. The average molecular weight is 243 g/mol. The Kier molecular flexibility index (Phi) is 4.13. The first kappa shape index (κ1) is 12.3. The van der Waals surface area contributed by atoms with Gasteiger partial charge in [0.15, 0.2) is 5.75 Å². The molecule has 0 aliphatic rings. The van der Waals surface area contributed by atoms with Crippen molar-refractivity contribution in [3.63, 3.8) is 0 Å². The minimum Gasteiger partial charge on any atom is -0.493 e. The highest BCUT2D eigenvalue weighted by Crippen LogP contribution is 2.33. The van der Waals surface area contributed by atoms with Crippen molar-refractivity contribution in [3.05, 3.63) is 22.7 Å². The predicted molar refractivity (Wildman–Crippen MR) is 61.6 cm³/mol. The van der Waals surface area contributed by atoms with Crippen molar-refractivity contribution < 1.29 is 14.7 Å². The third-order valence-corrected chi connectivity index (χ3v) is 2.11. The second kappa shape index (κ2) is 5.37. The van der Waals surface area contributed by atoms with Crippen molar-refractivity contribution in [3.8, 4) is 5.75 Å². The van der Waals surface area contributed by atoms with Gasteiger partial charge < -0.3 is 15.3 Å². The van der Waals surface area contributed by atoms with Crippen LogP contribution in [-0.4, -0.2) is 24.4 Å². The molecule has 0 saturated carbocycles. The van der Waals surface area contributed by atoms with Crippen LogP contribution < -0.4 is 10.1 Å². The number of halogens is 1. The Labute approximate surface area is 97.7 Å². The van der Waals surface area contributed by atoms with E-state index in [1.54, 1.807) is 12.1 Å². The molecule has 0 spiro atoms. The number of carbonyl (C=O) groups is 1. The van der Waals surface area contributed by atoms with Crippen LogP contribution in [0.25, 0.3) is 0 Å². The van der Waals surface area contributed by atoms with Crippen LogP contribution in [0.15, 0.2) is 17.3 Å². The Morgan fingerprint density at radius 1 is 1.62 bits per heavy atom. The third-order valence-electron chi connectivity index (χ3n) is 1.82. The molecule has 6 heteroatoms. The fourth-order valence-corrected chi connectivity index (χ4v) is 1.60. The maximum atomic E-state index is 11.2. The van der Waals surface area contributed by atoms with Crippen LogP contribution >= 0.6 is 11.6 Å². The monoisotopic (exact) mass is 242 g/mol. The summed E-state index contributed by atoms with van der Waals surface area (Å²) in [4.78, 5) is 11.2. The van der Waals surface area contributed by atoms with Crippen molar-refractivity contribution in [2.24, 2.45) is 5.16 Å². The Hall–Kier alpha value is -1.75. The summed E-state index contributed by atoms with van der Waals surface area (Å²) in [6, 6.07) is 3.42. The number of hydrogen-bond donors (Lipinski definition) is 2. The van der Waals surface area contributed by atoms with Gasteiger partial charge in [-0.2, -0.15) is 0 Å². The van der Waals surface area contributed by atoms with Gasteiger partial charge in [-0.3, -0.25) is 4.79 Å². The number of rotatable bonds is 3. The molecule has 0 aliphatic carbocycles. The van der Waals surface area contributed by atoms with E-state index in [0.29, 0.717) is 16.5 Å². The highest BCUT2D eigenvalue weighted by molar-refractivity contribution is 6.34. The van der Waals surface area contributed by atoms with Crippen LogP contribution in [0.5, 0.6) is 5.75 Å². The highest BCUT2D eigenvalue weighted by atomic mass is 35.5. The lowest BCUT2D eigenvalue weighted by atomic mass is 10.2. The number of nitrogens with zero attached hydrogens (tertiary/aromatic N) is 1. The summed E-state index contributed by atoms with van der Waals surface area (Å²) in [6.45, 7) is 1.83. The molecule has 1 aromatic carbocycles. The molecule has 2 N–H and O–H groups in total. The van der Waals surface area contributed by atoms with E-state index in [-0.39, 0.29) is 0 Å². The smallest absolute Gasteiger partial charge is 0.270 e. The Balaban J connectivity index is 3.07. The minimum absolute atomic E-state index is 0.368. The number of amides is 1. The number of benzene rings is 1. The van der Waals surface area contributed by atoms with Crippen LogP contribution in [0.1, 0.15) is 5.56 Å². The topological polar surface area (TPSA) is 70.9 Å². The zero-order valence-electron chi connectivity index (χ0n) is 8.82. The van der Waals surface area contributed by atoms with Gasteiger partial charge in [0, 0.05) is 0 Å². The molecule has 0 fully saturated rings. The summed E-state index contributed by atoms with van der Waals surface area (Å²) in [7, 11) is 1.45. The molecule has 86 valence electrons. The van der Waals surface area contributed by atoms with Gasteiger partial charge in [0.1, 0.15) is 6.21 Å². The number of anilines is 1. The molecular formula is C10H11ClN2O3. The van der Waals surface area contributed by atoms with Crippen LogP contribution in [0, 0.1) is 6.92 Å². The van der Waals surface area contributed by atoms with Gasteiger partial charge in [-0.1, -0.05) is 16.8 Å². The normalized spacial score (nSPS) is 10.4. The molecule has 0 radical (unpaired) electrons. The molecule has 0 bridgehead atoms. The molecule has 0 saturated heterocycles. The quantitative estimate of drug-likeness (QED) is 0.484. The van der Waals surface area contributed by atoms with E-state index in [2.05, 4.69) is 10.5 Å². The van der Waals surface area contributed by atoms with E-state index in [9.17, 15) is 4.79 Å². The van der Waals surface area contributed by atoms with Crippen molar-refractivity contribution >= 4 is 29.4 Å². The van der Waals surface area contributed by atoms with Gasteiger partial charge >= 0.3 is 0 Å². The zero-order valence-corrected chi connectivity index (χ0v) is 9.58. The minimum atomic E-state index is -0.567. The van der Waals surface area contributed by atoms with E-state index < -0.39 is 5.91 Å². The van der Waals surface area contributed by atoms with Gasteiger partial charge in [-0.05, 0) is 24.6 Å². The summed E-state index contributed by atoms with van der Waals surface area (Å²) in [5.74, 6) is -0.200.